The van der Waals surface area contributed by atoms with Gasteiger partial charge in [-0.05, 0) is 60.4 Å². The minimum Gasteiger partial charge on any atom is -0.478 e. The predicted octanol–water partition coefficient (Wildman–Crippen LogP) is 5.69. The van der Waals surface area contributed by atoms with Crippen LogP contribution in [0.1, 0.15) is 27.0 Å². The number of hydrogen-bond acceptors (Lipinski definition) is 3. The second kappa shape index (κ2) is 10.0. The maximum absolute atomic E-state index is 12.7. The van der Waals surface area contributed by atoms with Gasteiger partial charge in [-0.2, -0.15) is 13.2 Å². The summed E-state index contributed by atoms with van der Waals surface area (Å²) < 4.78 is 38.2. The molecule has 0 atom stereocenters. The molecule has 0 spiro atoms. The first-order valence-corrected chi connectivity index (χ1v) is 9.23. The number of anilines is 2. The smallest absolute Gasteiger partial charge is 0.417 e. The highest BCUT2D eigenvalue weighted by Gasteiger charge is 2.33. The molecule has 0 radical (unpaired) electrons. The maximum atomic E-state index is 12.7. The normalized spacial score (nSPS) is 10.8. The molecular weight excluding hydrogens is 417 g/mol. The van der Waals surface area contributed by atoms with E-state index in [1.807, 2.05) is 12.1 Å². The zero-order valence-corrected chi connectivity index (χ0v) is 16.5. The van der Waals surface area contributed by atoms with E-state index in [1.54, 1.807) is 36.4 Å². The molecule has 8 heteroatoms. The Morgan fingerprint density at radius 1 is 0.900 bits per heavy atom. The molecule has 0 unspecified atom stereocenters. The summed E-state index contributed by atoms with van der Waals surface area (Å²) in [6, 6.07) is 17.7. The molecule has 3 rings (SSSR count). The van der Waals surface area contributed by atoms with E-state index < -0.39 is 17.7 Å². The van der Waals surface area contributed by atoms with Crippen molar-refractivity contribution in [2.75, 3.05) is 11.5 Å². The molecule has 30 heavy (non-hydrogen) atoms. The van der Waals surface area contributed by atoms with Gasteiger partial charge in [0.2, 0.25) is 0 Å². The predicted molar refractivity (Wildman–Crippen MR) is 113 cm³/mol. The molecule has 0 saturated carbocycles. The van der Waals surface area contributed by atoms with Gasteiger partial charge in [-0.25, -0.2) is 4.79 Å². The minimum atomic E-state index is -4.42. The number of para-hydroxylation sites is 1. The van der Waals surface area contributed by atoms with E-state index in [1.165, 1.54) is 12.1 Å². The third-order valence-electron chi connectivity index (χ3n) is 4.21. The number of alkyl halides is 3. The van der Waals surface area contributed by atoms with Crippen LogP contribution in [0.3, 0.4) is 0 Å². The second-order valence-electron chi connectivity index (χ2n) is 6.45. The van der Waals surface area contributed by atoms with Crippen LogP contribution in [0.2, 0.25) is 5.02 Å². The van der Waals surface area contributed by atoms with E-state index in [0.717, 1.165) is 11.6 Å². The van der Waals surface area contributed by atoms with E-state index in [0.29, 0.717) is 29.8 Å². The van der Waals surface area contributed by atoms with Gasteiger partial charge in [-0.15, -0.1) is 0 Å². The summed E-state index contributed by atoms with van der Waals surface area (Å²) >= 11 is 5.58. The number of nitrogen functional groups attached to an aromatic ring is 2. The number of carboxylic acids is 1. The van der Waals surface area contributed by atoms with Gasteiger partial charge in [0, 0.05) is 11.4 Å². The van der Waals surface area contributed by atoms with Crippen molar-refractivity contribution in [2.24, 2.45) is 0 Å². The van der Waals surface area contributed by atoms with E-state index >= 15 is 0 Å². The van der Waals surface area contributed by atoms with Gasteiger partial charge in [0.15, 0.2) is 0 Å². The van der Waals surface area contributed by atoms with Crippen molar-refractivity contribution in [3.8, 4) is 0 Å². The Balaban J connectivity index is 0.000000269. The molecule has 0 aliphatic carbocycles. The van der Waals surface area contributed by atoms with E-state index in [2.05, 4.69) is 0 Å². The highest BCUT2D eigenvalue weighted by molar-refractivity contribution is 6.31. The highest BCUT2D eigenvalue weighted by Crippen LogP contribution is 2.35. The van der Waals surface area contributed by atoms with Crippen LogP contribution in [0.4, 0.5) is 24.5 Å². The molecule has 0 saturated heterocycles. The van der Waals surface area contributed by atoms with E-state index in [9.17, 15) is 18.0 Å². The van der Waals surface area contributed by atoms with Crippen LogP contribution in [-0.2, 0) is 19.0 Å². The molecule has 0 aromatic heterocycles. The molecule has 0 bridgehead atoms. The van der Waals surface area contributed by atoms with Gasteiger partial charge >= 0.3 is 12.1 Å². The summed E-state index contributed by atoms with van der Waals surface area (Å²) in [6.45, 7) is 0. The molecule has 0 amide bonds. The van der Waals surface area contributed by atoms with Crippen LogP contribution in [-0.4, -0.2) is 11.1 Å². The Morgan fingerprint density at radius 3 is 2.00 bits per heavy atom. The van der Waals surface area contributed by atoms with Crippen molar-refractivity contribution < 1.29 is 23.1 Å². The Labute approximate surface area is 176 Å². The lowest BCUT2D eigenvalue weighted by Crippen LogP contribution is -2.07. The highest BCUT2D eigenvalue weighted by atomic mass is 35.5. The number of hydrogen-bond donors (Lipinski definition) is 3. The Hall–Kier alpha value is -3.19. The van der Waals surface area contributed by atoms with Gasteiger partial charge in [-0.3, -0.25) is 0 Å². The van der Waals surface area contributed by atoms with Crippen molar-refractivity contribution in [3.05, 3.63) is 94.0 Å². The number of carboxylic acid groups (broad SMARTS) is 1. The SMILES string of the molecule is Nc1ccc(CCc2ccc(Cl)c(C(F)(F)F)c2)cc1.Nc1ccccc1C(=O)O. The van der Waals surface area contributed by atoms with Gasteiger partial charge in [-0.1, -0.05) is 41.9 Å². The fourth-order valence-electron chi connectivity index (χ4n) is 2.61. The largest absolute Gasteiger partial charge is 0.478 e. The molecule has 0 heterocycles. The topological polar surface area (TPSA) is 89.3 Å². The zero-order valence-electron chi connectivity index (χ0n) is 15.8. The average Bonchev–Trinajstić information content (AvgIpc) is 2.68. The Bertz CT molecular complexity index is 1010. The number of rotatable bonds is 4. The summed E-state index contributed by atoms with van der Waals surface area (Å²) in [5, 5.41) is 8.22. The van der Waals surface area contributed by atoms with Crippen molar-refractivity contribution in [2.45, 2.75) is 19.0 Å². The van der Waals surface area contributed by atoms with Crippen LogP contribution < -0.4 is 11.5 Å². The number of nitrogens with two attached hydrogens (primary N) is 2. The van der Waals surface area contributed by atoms with Crippen molar-refractivity contribution in [1.29, 1.82) is 0 Å². The van der Waals surface area contributed by atoms with Crippen molar-refractivity contribution >= 4 is 28.9 Å². The zero-order chi connectivity index (χ0) is 22.3. The van der Waals surface area contributed by atoms with E-state index in [4.69, 9.17) is 28.2 Å². The lowest BCUT2D eigenvalue weighted by molar-refractivity contribution is -0.137. The molecule has 0 aliphatic rings. The van der Waals surface area contributed by atoms with Crippen molar-refractivity contribution in [3.63, 3.8) is 0 Å². The van der Waals surface area contributed by atoms with Crippen LogP contribution in [0.5, 0.6) is 0 Å². The monoisotopic (exact) mass is 436 g/mol. The molecule has 0 fully saturated rings. The van der Waals surface area contributed by atoms with Crippen LogP contribution in [0.15, 0.2) is 66.7 Å². The quantitative estimate of drug-likeness (QED) is 0.458. The molecule has 158 valence electrons. The van der Waals surface area contributed by atoms with Crippen LogP contribution in [0, 0.1) is 0 Å². The fourth-order valence-corrected chi connectivity index (χ4v) is 2.83. The Kier molecular flexibility index (Phi) is 7.72. The van der Waals surface area contributed by atoms with Gasteiger partial charge in [0.05, 0.1) is 16.1 Å². The molecule has 3 aromatic rings. The first-order chi connectivity index (χ1) is 14.1. The number of benzene rings is 3. The van der Waals surface area contributed by atoms with Crippen molar-refractivity contribution in [1.82, 2.24) is 0 Å². The molecule has 3 aromatic carbocycles. The second-order valence-corrected chi connectivity index (χ2v) is 6.85. The molecule has 5 N–H and O–H groups in total. The first kappa shape index (κ1) is 23.1. The van der Waals surface area contributed by atoms with Gasteiger partial charge in [0.25, 0.3) is 0 Å². The number of aromatic carboxylic acids is 1. The maximum Gasteiger partial charge on any atom is 0.417 e. The fraction of sp³-hybridized carbons (Fsp3) is 0.136. The standard InChI is InChI=1S/C15H13ClF3N.C7H7NO2/c16-14-8-5-11(9-13(14)15(17,18)19)2-1-10-3-6-12(20)7-4-10;8-6-4-2-1-3-5(6)7(9)10/h3-9H,1-2,20H2;1-4H,8H2,(H,9,10). The lowest BCUT2D eigenvalue weighted by Gasteiger charge is -2.11. The van der Waals surface area contributed by atoms with Gasteiger partial charge in [0.1, 0.15) is 0 Å². The number of carbonyl (C=O) groups is 1. The summed E-state index contributed by atoms with van der Waals surface area (Å²) in [4.78, 5) is 10.3. The molecular formula is C22H20ClF3N2O2. The van der Waals surface area contributed by atoms with Crippen LogP contribution >= 0.6 is 11.6 Å². The Morgan fingerprint density at radius 2 is 1.47 bits per heavy atom. The summed E-state index contributed by atoms with van der Waals surface area (Å²) in [5.41, 5.74) is 12.9. The third-order valence-corrected chi connectivity index (χ3v) is 4.54. The lowest BCUT2D eigenvalue weighted by atomic mass is 10.0. The van der Waals surface area contributed by atoms with Gasteiger partial charge < -0.3 is 16.6 Å². The first-order valence-electron chi connectivity index (χ1n) is 8.85. The number of halogens is 4. The summed E-state index contributed by atoms with van der Waals surface area (Å²) in [6.07, 6.45) is -3.25. The number of aryl methyl sites for hydroxylation is 2. The van der Waals surface area contributed by atoms with E-state index in [-0.39, 0.29) is 10.6 Å². The third kappa shape index (κ3) is 6.70. The minimum absolute atomic E-state index is 0.155. The van der Waals surface area contributed by atoms with Crippen LogP contribution in [0.25, 0.3) is 0 Å². The summed E-state index contributed by atoms with van der Waals surface area (Å²) in [5.74, 6) is -0.988. The molecule has 4 nitrogen and oxygen atoms in total. The average molecular weight is 437 g/mol. The molecule has 0 aliphatic heterocycles. The summed E-state index contributed by atoms with van der Waals surface area (Å²) in [7, 11) is 0.